The zero-order valence-electron chi connectivity index (χ0n) is 21.9. The van der Waals surface area contributed by atoms with Gasteiger partial charge in [0.25, 0.3) is 0 Å². The number of methoxy groups -OCH3 is 1. The molecule has 0 aromatic heterocycles. The molecule has 2 aliphatic carbocycles. The molecule has 3 aliphatic rings. The van der Waals surface area contributed by atoms with Gasteiger partial charge in [-0.25, -0.2) is 4.79 Å². The Kier molecular flexibility index (Phi) is 7.86. The van der Waals surface area contributed by atoms with Crippen LogP contribution in [-0.2, 0) is 23.9 Å². The lowest BCUT2D eigenvalue weighted by Gasteiger charge is -2.39. The van der Waals surface area contributed by atoms with Gasteiger partial charge in [0.2, 0.25) is 0 Å². The second-order valence-corrected chi connectivity index (χ2v) is 10.4. The minimum Gasteiger partial charge on any atom is -0.491 e. The summed E-state index contributed by atoms with van der Waals surface area (Å²) in [5, 5.41) is 3.33. The van der Waals surface area contributed by atoms with Gasteiger partial charge in [0.05, 0.1) is 24.7 Å². The first-order chi connectivity index (χ1) is 17.2. The highest BCUT2D eigenvalue weighted by molar-refractivity contribution is 6.12. The van der Waals surface area contributed by atoms with Crippen LogP contribution in [0.3, 0.4) is 0 Å². The molecule has 7 heteroatoms. The highest BCUT2D eigenvalue weighted by Crippen LogP contribution is 2.48. The number of carbonyl (C=O) groups excluding carboxylic acids is 3. The lowest BCUT2D eigenvalue weighted by Crippen LogP contribution is -2.43. The molecule has 7 nitrogen and oxygen atoms in total. The van der Waals surface area contributed by atoms with Crippen LogP contribution in [0, 0.1) is 11.8 Å². The highest BCUT2D eigenvalue weighted by atomic mass is 16.5. The zero-order chi connectivity index (χ0) is 26.0. The predicted octanol–water partition coefficient (Wildman–Crippen LogP) is 4.96. The summed E-state index contributed by atoms with van der Waals surface area (Å²) in [6.07, 6.45) is 5.17. The number of dihydropyridines is 1. The van der Waals surface area contributed by atoms with Crippen molar-refractivity contribution in [2.75, 3.05) is 7.11 Å². The number of Topliss-reactive ketones (excluding diaryl/α,β-unsaturated/α-hetero) is 1. The largest absolute Gasteiger partial charge is 0.491 e. The third kappa shape index (κ3) is 5.06. The fourth-order valence-electron chi connectivity index (χ4n) is 5.74. The second kappa shape index (κ2) is 10.9. The van der Waals surface area contributed by atoms with Gasteiger partial charge in [-0.15, -0.1) is 0 Å². The van der Waals surface area contributed by atoms with Crippen LogP contribution < -0.4 is 10.1 Å². The third-order valence-electron chi connectivity index (χ3n) is 7.38. The van der Waals surface area contributed by atoms with E-state index in [1.54, 1.807) is 0 Å². The van der Waals surface area contributed by atoms with Crippen LogP contribution >= 0.6 is 0 Å². The Morgan fingerprint density at radius 2 is 1.78 bits per heavy atom. The maximum absolute atomic E-state index is 13.9. The topological polar surface area (TPSA) is 90.9 Å². The molecule has 0 unspecified atom stereocenters. The molecule has 1 fully saturated rings. The van der Waals surface area contributed by atoms with E-state index in [0.717, 1.165) is 37.8 Å². The van der Waals surface area contributed by atoms with Crippen molar-refractivity contribution in [2.45, 2.75) is 84.3 Å². The van der Waals surface area contributed by atoms with Crippen molar-refractivity contribution in [3.05, 3.63) is 52.4 Å². The molecule has 1 saturated carbocycles. The molecule has 0 spiro atoms. The molecule has 1 N–H and O–H groups in total. The van der Waals surface area contributed by atoms with Gasteiger partial charge in [0.1, 0.15) is 17.8 Å². The van der Waals surface area contributed by atoms with Crippen LogP contribution in [0.25, 0.3) is 0 Å². The molecular formula is C29H37NO6. The van der Waals surface area contributed by atoms with Gasteiger partial charge >= 0.3 is 11.9 Å². The van der Waals surface area contributed by atoms with E-state index in [9.17, 15) is 14.4 Å². The summed E-state index contributed by atoms with van der Waals surface area (Å²) in [5.74, 6) is -2.57. The van der Waals surface area contributed by atoms with Crippen LogP contribution in [0.4, 0.5) is 0 Å². The van der Waals surface area contributed by atoms with Crippen LogP contribution in [0.15, 0.2) is 46.8 Å². The molecule has 3 atom stereocenters. The van der Waals surface area contributed by atoms with Gasteiger partial charge in [-0.3, -0.25) is 9.59 Å². The summed E-state index contributed by atoms with van der Waals surface area (Å²) in [6, 6.07) is 7.48. The summed E-state index contributed by atoms with van der Waals surface area (Å²) in [5.41, 5.74) is 2.93. The number of allylic oxidation sites excluding steroid dienone is 3. The lowest BCUT2D eigenvalue weighted by atomic mass is 9.69. The maximum atomic E-state index is 13.9. The van der Waals surface area contributed by atoms with Crippen molar-refractivity contribution in [3.8, 4) is 5.75 Å². The number of benzene rings is 1. The zero-order valence-corrected chi connectivity index (χ0v) is 21.9. The van der Waals surface area contributed by atoms with Gasteiger partial charge in [0, 0.05) is 22.5 Å². The Labute approximate surface area is 213 Å². The Morgan fingerprint density at radius 1 is 1.08 bits per heavy atom. The van der Waals surface area contributed by atoms with E-state index in [-0.39, 0.29) is 23.9 Å². The standard InChI is InChI=1S/C29H37NO6/c1-16(2)35-22-14-10-9-13-20(22)25-24(29(33)36-19-11-7-6-8-12-19)18(4)30-21-15-17(3)23(28(32)34-5)27(31)26(21)25/h9-10,13-14,16-17,19,23,25,30H,6-8,11-12,15H2,1-5H3/t17-,23+,25-/m0/s1. The first-order valence-corrected chi connectivity index (χ1v) is 13.0. The molecule has 36 heavy (non-hydrogen) atoms. The van der Waals surface area contributed by atoms with E-state index >= 15 is 0 Å². The fraction of sp³-hybridized carbons (Fsp3) is 0.552. The van der Waals surface area contributed by atoms with Crippen molar-refractivity contribution >= 4 is 17.7 Å². The van der Waals surface area contributed by atoms with Crippen LogP contribution in [0.2, 0.25) is 0 Å². The Balaban J connectivity index is 1.83. The SMILES string of the molecule is COC(=O)[C@H]1C(=O)C2=C(C[C@@H]1C)NC(C)=C(C(=O)OC1CCCCC1)[C@@H]2c1ccccc1OC(C)C. The van der Waals surface area contributed by atoms with Crippen LogP contribution in [-0.4, -0.2) is 37.0 Å². The number of hydrogen-bond donors (Lipinski definition) is 1. The van der Waals surface area contributed by atoms with E-state index in [1.807, 2.05) is 52.0 Å². The predicted molar refractivity (Wildman–Crippen MR) is 135 cm³/mol. The average molecular weight is 496 g/mol. The van der Waals surface area contributed by atoms with E-state index in [1.165, 1.54) is 7.11 Å². The number of nitrogens with one attached hydrogen (secondary N) is 1. The molecule has 0 radical (unpaired) electrons. The third-order valence-corrected chi connectivity index (χ3v) is 7.38. The quantitative estimate of drug-likeness (QED) is 0.440. The number of hydrogen-bond acceptors (Lipinski definition) is 7. The van der Waals surface area contributed by atoms with E-state index < -0.39 is 23.8 Å². The highest BCUT2D eigenvalue weighted by Gasteiger charge is 2.48. The van der Waals surface area contributed by atoms with Gasteiger partial charge in [-0.1, -0.05) is 31.5 Å². The van der Waals surface area contributed by atoms with E-state index in [4.69, 9.17) is 14.2 Å². The molecule has 194 valence electrons. The van der Waals surface area contributed by atoms with Crippen molar-refractivity contribution in [2.24, 2.45) is 11.8 Å². The first kappa shape index (κ1) is 26.0. The van der Waals surface area contributed by atoms with Gasteiger partial charge in [-0.05, 0) is 64.9 Å². The molecular weight excluding hydrogens is 458 g/mol. The van der Waals surface area contributed by atoms with Gasteiger partial charge in [-0.2, -0.15) is 0 Å². The summed E-state index contributed by atoms with van der Waals surface area (Å²) in [7, 11) is 1.30. The smallest absolute Gasteiger partial charge is 0.337 e. The normalized spacial score (nSPS) is 24.8. The summed E-state index contributed by atoms with van der Waals surface area (Å²) >= 11 is 0. The molecule has 1 aromatic carbocycles. The molecule has 0 bridgehead atoms. The minimum absolute atomic E-state index is 0.103. The monoisotopic (exact) mass is 495 g/mol. The van der Waals surface area contributed by atoms with Crippen molar-refractivity contribution in [1.82, 2.24) is 5.32 Å². The fourth-order valence-corrected chi connectivity index (χ4v) is 5.74. The van der Waals surface area contributed by atoms with Crippen molar-refractivity contribution in [3.63, 3.8) is 0 Å². The Morgan fingerprint density at radius 3 is 2.44 bits per heavy atom. The van der Waals surface area contributed by atoms with E-state index in [0.29, 0.717) is 34.6 Å². The Hall–Kier alpha value is -3.09. The number of para-hydroxylation sites is 1. The van der Waals surface area contributed by atoms with Gasteiger partial charge in [0.15, 0.2) is 5.78 Å². The Bertz CT molecular complexity index is 1090. The van der Waals surface area contributed by atoms with E-state index in [2.05, 4.69) is 5.32 Å². The number of carbonyl (C=O) groups is 3. The summed E-state index contributed by atoms with van der Waals surface area (Å²) in [6.45, 7) is 7.59. The average Bonchev–Trinajstić information content (AvgIpc) is 2.83. The summed E-state index contributed by atoms with van der Waals surface area (Å²) in [4.78, 5) is 40.3. The molecule has 4 rings (SSSR count). The maximum Gasteiger partial charge on any atom is 0.337 e. The van der Waals surface area contributed by atoms with Crippen molar-refractivity contribution < 1.29 is 28.6 Å². The molecule has 1 heterocycles. The first-order valence-electron chi connectivity index (χ1n) is 13.0. The molecule has 0 saturated heterocycles. The molecule has 0 amide bonds. The number of ketones is 1. The van der Waals surface area contributed by atoms with Crippen LogP contribution in [0.1, 0.15) is 77.7 Å². The van der Waals surface area contributed by atoms with Crippen LogP contribution in [0.5, 0.6) is 5.75 Å². The second-order valence-electron chi connectivity index (χ2n) is 10.4. The van der Waals surface area contributed by atoms with Gasteiger partial charge < -0.3 is 19.5 Å². The lowest BCUT2D eigenvalue weighted by molar-refractivity contribution is -0.151. The summed E-state index contributed by atoms with van der Waals surface area (Å²) < 4.78 is 17.1. The molecule has 1 aromatic rings. The number of rotatable bonds is 6. The van der Waals surface area contributed by atoms with Crippen molar-refractivity contribution in [1.29, 1.82) is 0 Å². The minimum atomic E-state index is -0.926. The number of ether oxygens (including phenoxy) is 3. The number of esters is 2. The molecule has 1 aliphatic heterocycles.